The lowest BCUT2D eigenvalue weighted by Gasteiger charge is -2.15. The number of nitrogens with one attached hydrogen (secondary N) is 1. The van der Waals surface area contributed by atoms with E-state index >= 15 is 0 Å². The first kappa shape index (κ1) is 26.9. The zero-order valence-corrected chi connectivity index (χ0v) is 21.5. The van der Waals surface area contributed by atoms with Gasteiger partial charge >= 0.3 is 11.9 Å². The molecule has 204 valence electrons. The molecule has 0 spiro atoms. The molecule has 0 bridgehead atoms. The Morgan fingerprint density at radius 1 is 1.08 bits per heavy atom. The highest BCUT2D eigenvalue weighted by Crippen LogP contribution is 2.28. The maximum atomic E-state index is 13.2. The largest absolute Gasteiger partial charge is 0.416 e. The molecule has 15 heteroatoms. The monoisotopic (exact) mass is 581 g/mol. The van der Waals surface area contributed by atoms with E-state index in [-0.39, 0.29) is 24.1 Å². The van der Waals surface area contributed by atoms with Crippen LogP contribution in [0.15, 0.2) is 53.3 Å². The van der Waals surface area contributed by atoms with Gasteiger partial charge in [-0.1, -0.05) is 35.3 Å². The first-order valence-electron chi connectivity index (χ1n) is 11.7. The van der Waals surface area contributed by atoms with Gasteiger partial charge in [0, 0.05) is 17.0 Å². The SMILES string of the molecule is O=C1CC[C@@H](c2nc(Cn3nc(-c4ccc(Cl)cc4)n(C[C@H](O)C(F)(F)F)c3=O)nn2-c2ccccc2Cl)N1. The number of carbonyl (C=O) groups excluding carboxylic acids is 1. The normalized spacial score (nSPS) is 16.5. The first-order chi connectivity index (χ1) is 18.5. The molecular formula is C24H20Cl2F3N7O3. The fourth-order valence-corrected chi connectivity index (χ4v) is 4.54. The van der Waals surface area contributed by atoms with Gasteiger partial charge in [0.25, 0.3) is 0 Å². The number of aromatic nitrogens is 6. The number of rotatable bonds is 7. The highest BCUT2D eigenvalue weighted by atomic mass is 35.5. The van der Waals surface area contributed by atoms with Gasteiger partial charge in [-0.15, -0.1) is 10.2 Å². The molecule has 10 nitrogen and oxygen atoms in total. The van der Waals surface area contributed by atoms with Crippen molar-refractivity contribution in [1.29, 1.82) is 0 Å². The third kappa shape index (κ3) is 5.56. The number of hydrogen-bond acceptors (Lipinski definition) is 6. The number of benzene rings is 2. The number of carbonyl (C=O) groups is 1. The molecule has 2 aromatic heterocycles. The summed E-state index contributed by atoms with van der Waals surface area (Å²) in [6.07, 6.45) is -6.99. The number of halogens is 5. The van der Waals surface area contributed by atoms with Gasteiger partial charge in [0.05, 0.1) is 23.3 Å². The average molecular weight is 582 g/mol. The van der Waals surface area contributed by atoms with Crippen LogP contribution in [0.1, 0.15) is 30.5 Å². The van der Waals surface area contributed by atoms with Gasteiger partial charge in [-0.05, 0) is 42.8 Å². The second-order valence-electron chi connectivity index (χ2n) is 8.85. The van der Waals surface area contributed by atoms with Crippen molar-refractivity contribution in [3.63, 3.8) is 0 Å². The van der Waals surface area contributed by atoms with E-state index in [4.69, 9.17) is 23.2 Å². The first-order valence-corrected chi connectivity index (χ1v) is 12.5. The number of para-hydroxylation sites is 1. The van der Waals surface area contributed by atoms with E-state index in [1.807, 2.05) is 0 Å². The maximum absolute atomic E-state index is 13.2. The molecule has 4 aromatic rings. The molecule has 0 saturated carbocycles. The quantitative estimate of drug-likeness (QED) is 0.344. The molecule has 5 rings (SSSR count). The third-order valence-corrected chi connectivity index (χ3v) is 6.69. The molecular weight excluding hydrogens is 562 g/mol. The standard InChI is InChI=1S/C24H20Cl2F3N7O3/c25-14-7-5-13(6-8-14)21-33-35(23(39)34(21)11-18(37)24(27,28)29)12-19-31-22(16-9-10-20(38)30-16)36(32-19)17-4-2-1-3-15(17)26/h1-8,16,18,37H,9-12H2,(H,30,38)/t16-,18-/m0/s1. The summed E-state index contributed by atoms with van der Waals surface area (Å²) >= 11 is 12.3. The van der Waals surface area contributed by atoms with Crippen molar-refractivity contribution in [1.82, 2.24) is 34.4 Å². The molecule has 1 aliphatic heterocycles. The number of nitrogens with zero attached hydrogens (tertiary/aromatic N) is 6. The van der Waals surface area contributed by atoms with Crippen LogP contribution in [-0.4, -0.2) is 52.4 Å². The highest BCUT2D eigenvalue weighted by molar-refractivity contribution is 6.32. The fourth-order valence-electron chi connectivity index (χ4n) is 4.20. The van der Waals surface area contributed by atoms with Gasteiger partial charge in [0.1, 0.15) is 6.54 Å². The minimum absolute atomic E-state index is 0.103. The molecule has 39 heavy (non-hydrogen) atoms. The number of alkyl halides is 3. The number of hydrogen-bond donors (Lipinski definition) is 2. The highest BCUT2D eigenvalue weighted by Gasteiger charge is 2.39. The van der Waals surface area contributed by atoms with Crippen LogP contribution in [-0.2, 0) is 17.9 Å². The van der Waals surface area contributed by atoms with E-state index in [0.717, 1.165) is 9.25 Å². The van der Waals surface area contributed by atoms with E-state index in [0.29, 0.717) is 40.0 Å². The van der Waals surface area contributed by atoms with Gasteiger partial charge in [0.15, 0.2) is 23.6 Å². The van der Waals surface area contributed by atoms with Gasteiger partial charge in [-0.3, -0.25) is 9.36 Å². The minimum Gasteiger partial charge on any atom is -0.382 e. The number of aliphatic hydroxyl groups is 1. The van der Waals surface area contributed by atoms with E-state index < -0.39 is 30.6 Å². The minimum atomic E-state index is -4.95. The molecule has 1 fully saturated rings. The predicted octanol–water partition coefficient (Wildman–Crippen LogP) is 3.52. The summed E-state index contributed by atoms with van der Waals surface area (Å²) < 4.78 is 42.6. The molecule has 2 N–H and O–H groups in total. The second-order valence-corrected chi connectivity index (χ2v) is 9.69. The Kier molecular flexibility index (Phi) is 7.23. The Morgan fingerprint density at radius 3 is 2.44 bits per heavy atom. The van der Waals surface area contributed by atoms with E-state index in [1.165, 1.54) is 28.9 Å². The average Bonchev–Trinajstić information content (AvgIpc) is 3.58. The molecule has 0 unspecified atom stereocenters. The van der Waals surface area contributed by atoms with Crippen molar-refractivity contribution >= 4 is 29.1 Å². The zero-order valence-electron chi connectivity index (χ0n) is 19.9. The lowest BCUT2D eigenvalue weighted by molar-refractivity contribution is -0.207. The van der Waals surface area contributed by atoms with Crippen LogP contribution in [0, 0.1) is 0 Å². The van der Waals surface area contributed by atoms with Crippen molar-refractivity contribution in [3.8, 4) is 17.1 Å². The van der Waals surface area contributed by atoms with Crippen molar-refractivity contribution in [3.05, 3.63) is 80.7 Å². The van der Waals surface area contributed by atoms with Crippen LogP contribution < -0.4 is 11.0 Å². The van der Waals surface area contributed by atoms with Crippen LogP contribution >= 0.6 is 23.2 Å². The summed E-state index contributed by atoms with van der Waals surface area (Å²) in [5.41, 5.74) is -0.108. The van der Waals surface area contributed by atoms with Crippen LogP contribution in [0.4, 0.5) is 13.2 Å². The molecule has 1 amide bonds. The zero-order chi connectivity index (χ0) is 27.9. The summed E-state index contributed by atoms with van der Waals surface area (Å²) in [5, 5.41) is 22.0. The summed E-state index contributed by atoms with van der Waals surface area (Å²) in [7, 11) is 0. The predicted molar refractivity (Wildman–Crippen MR) is 135 cm³/mol. The van der Waals surface area contributed by atoms with Gasteiger partial charge in [0.2, 0.25) is 5.91 Å². The summed E-state index contributed by atoms with van der Waals surface area (Å²) in [6, 6.07) is 12.4. The van der Waals surface area contributed by atoms with E-state index in [9.17, 15) is 27.9 Å². The fraction of sp³-hybridized carbons (Fsp3) is 0.292. The topological polar surface area (TPSA) is 120 Å². The molecule has 1 aliphatic rings. The van der Waals surface area contributed by atoms with Crippen LogP contribution in [0.25, 0.3) is 17.1 Å². The summed E-state index contributed by atoms with van der Waals surface area (Å²) in [6.45, 7) is -1.37. The molecule has 3 heterocycles. The van der Waals surface area contributed by atoms with Crippen LogP contribution in [0.3, 0.4) is 0 Å². The van der Waals surface area contributed by atoms with Crippen LogP contribution in [0.2, 0.25) is 10.0 Å². The van der Waals surface area contributed by atoms with Crippen molar-refractivity contribution in [2.24, 2.45) is 0 Å². The van der Waals surface area contributed by atoms with Crippen molar-refractivity contribution in [2.45, 2.75) is 44.3 Å². The molecule has 2 aromatic carbocycles. The third-order valence-electron chi connectivity index (χ3n) is 6.11. The second kappa shape index (κ2) is 10.5. The Balaban J connectivity index is 1.57. The van der Waals surface area contributed by atoms with Gasteiger partial charge in [-0.2, -0.15) is 13.2 Å². The molecule has 1 saturated heterocycles. The Labute approximate surface area is 228 Å². The Morgan fingerprint density at radius 2 is 1.79 bits per heavy atom. The van der Waals surface area contributed by atoms with Crippen molar-refractivity contribution < 1.29 is 23.1 Å². The smallest absolute Gasteiger partial charge is 0.382 e. The summed E-state index contributed by atoms with van der Waals surface area (Å²) in [5.74, 6) is 0.230. The van der Waals surface area contributed by atoms with Crippen molar-refractivity contribution in [2.75, 3.05) is 0 Å². The lowest BCUT2D eigenvalue weighted by Crippen LogP contribution is -2.37. The van der Waals surface area contributed by atoms with Gasteiger partial charge < -0.3 is 10.4 Å². The Bertz CT molecular complexity index is 1580. The number of aliphatic hydroxyl groups excluding tert-OH is 1. The van der Waals surface area contributed by atoms with Crippen LogP contribution in [0.5, 0.6) is 0 Å². The summed E-state index contributed by atoms with van der Waals surface area (Å²) in [4.78, 5) is 29.6. The lowest BCUT2D eigenvalue weighted by atomic mass is 10.2. The van der Waals surface area contributed by atoms with E-state index in [1.54, 1.807) is 24.3 Å². The molecule has 2 atom stereocenters. The number of amides is 1. The van der Waals surface area contributed by atoms with Gasteiger partial charge in [-0.25, -0.2) is 19.1 Å². The molecule has 0 radical (unpaired) electrons. The molecule has 0 aliphatic carbocycles. The Hall–Kier alpha value is -3.68. The van der Waals surface area contributed by atoms with E-state index in [2.05, 4.69) is 20.5 Å². The maximum Gasteiger partial charge on any atom is 0.416 e.